The molecule has 0 fully saturated rings. The number of rotatable bonds is 4. The predicted octanol–water partition coefficient (Wildman–Crippen LogP) is 4.07. The van der Waals surface area contributed by atoms with Gasteiger partial charge in [0.15, 0.2) is 0 Å². The monoisotopic (exact) mass is 331 g/mol. The molecule has 2 rings (SSSR count). The molecule has 0 saturated carbocycles. The Bertz CT molecular complexity index is 665. The van der Waals surface area contributed by atoms with E-state index in [0.29, 0.717) is 16.1 Å². The first kappa shape index (κ1) is 16.2. The van der Waals surface area contributed by atoms with Crippen molar-refractivity contribution in [3.63, 3.8) is 0 Å². The van der Waals surface area contributed by atoms with E-state index in [-0.39, 0.29) is 17.9 Å². The van der Waals surface area contributed by atoms with Crippen molar-refractivity contribution in [2.75, 3.05) is 12.3 Å². The fourth-order valence-corrected chi connectivity index (χ4v) is 2.65. The molecule has 0 atom stereocenters. The van der Waals surface area contributed by atoms with Gasteiger partial charge < -0.3 is 15.2 Å². The van der Waals surface area contributed by atoms with Gasteiger partial charge in [0.2, 0.25) is 0 Å². The van der Waals surface area contributed by atoms with E-state index in [0.717, 1.165) is 11.3 Å². The number of benzene rings is 1. The van der Waals surface area contributed by atoms with E-state index in [1.165, 1.54) is 24.3 Å². The Hall–Kier alpha value is -2.22. The Morgan fingerprint density at radius 2 is 1.91 bits per heavy atom. The average molecular weight is 331 g/mol. The van der Waals surface area contributed by atoms with Gasteiger partial charge in [-0.05, 0) is 24.6 Å². The summed E-state index contributed by atoms with van der Waals surface area (Å²) in [5.41, 5.74) is 7.05. The maximum Gasteiger partial charge on any atom is 0.573 e. The van der Waals surface area contributed by atoms with Gasteiger partial charge in [-0.15, -0.1) is 24.5 Å². The first-order valence-electron chi connectivity index (χ1n) is 6.22. The number of carbonyl (C=O) groups is 1. The summed E-state index contributed by atoms with van der Waals surface area (Å²) in [6.07, 6.45) is -4.75. The molecular formula is C14H12F3NO3S. The number of halogens is 3. The van der Waals surface area contributed by atoms with E-state index < -0.39 is 12.3 Å². The molecule has 0 aliphatic rings. The number of thiophene rings is 1. The summed E-state index contributed by atoms with van der Waals surface area (Å²) < 4.78 is 45.1. The highest BCUT2D eigenvalue weighted by molar-refractivity contribution is 7.14. The summed E-state index contributed by atoms with van der Waals surface area (Å²) in [7, 11) is 0. The van der Waals surface area contributed by atoms with Crippen LogP contribution in [0.2, 0.25) is 0 Å². The number of anilines is 1. The SMILES string of the molecule is CCOC(=O)c1c(-c2ccc(OC(F)(F)F)cc2)csc1N. The zero-order valence-electron chi connectivity index (χ0n) is 11.4. The van der Waals surface area contributed by atoms with E-state index in [4.69, 9.17) is 10.5 Å². The minimum atomic E-state index is -4.75. The molecule has 0 amide bonds. The third-order valence-electron chi connectivity index (χ3n) is 2.70. The van der Waals surface area contributed by atoms with Gasteiger partial charge in [0.05, 0.1) is 6.61 Å². The second-order valence-corrected chi connectivity index (χ2v) is 5.09. The van der Waals surface area contributed by atoms with Crippen molar-refractivity contribution in [3.8, 4) is 16.9 Å². The van der Waals surface area contributed by atoms with E-state index in [2.05, 4.69) is 4.74 Å². The maximum atomic E-state index is 12.1. The molecule has 0 bridgehead atoms. The van der Waals surface area contributed by atoms with Crippen molar-refractivity contribution in [1.82, 2.24) is 0 Å². The second kappa shape index (κ2) is 6.27. The quantitative estimate of drug-likeness (QED) is 0.858. The Balaban J connectivity index is 2.31. The van der Waals surface area contributed by atoms with E-state index in [1.807, 2.05) is 0 Å². The molecule has 0 radical (unpaired) electrons. The fourth-order valence-electron chi connectivity index (χ4n) is 1.84. The lowest BCUT2D eigenvalue weighted by Gasteiger charge is -2.09. The van der Waals surface area contributed by atoms with Crippen LogP contribution in [-0.4, -0.2) is 18.9 Å². The van der Waals surface area contributed by atoms with Crippen molar-refractivity contribution in [1.29, 1.82) is 0 Å². The highest BCUT2D eigenvalue weighted by Gasteiger charge is 2.31. The van der Waals surface area contributed by atoms with Crippen LogP contribution in [0.3, 0.4) is 0 Å². The third-order valence-corrected chi connectivity index (χ3v) is 3.51. The molecule has 4 nitrogen and oxygen atoms in total. The molecule has 1 aromatic carbocycles. The molecule has 0 saturated heterocycles. The Kier molecular flexibility index (Phi) is 4.60. The number of ether oxygens (including phenoxy) is 2. The number of nitrogen functional groups attached to an aromatic ring is 1. The molecule has 22 heavy (non-hydrogen) atoms. The van der Waals surface area contributed by atoms with Crippen LogP contribution in [0.25, 0.3) is 11.1 Å². The standard InChI is InChI=1S/C14H12F3NO3S/c1-2-20-13(19)11-10(7-22-12(11)18)8-3-5-9(6-4-8)21-14(15,16)17/h3-7H,2,18H2,1H3. The van der Waals surface area contributed by atoms with Gasteiger partial charge in [-0.25, -0.2) is 4.79 Å². The number of hydrogen-bond acceptors (Lipinski definition) is 5. The molecule has 0 aliphatic heterocycles. The Morgan fingerprint density at radius 3 is 2.45 bits per heavy atom. The molecule has 118 valence electrons. The predicted molar refractivity (Wildman–Crippen MR) is 76.8 cm³/mol. The lowest BCUT2D eigenvalue weighted by atomic mass is 10.0. The van der Waals surface area contributed by atoms with Crippen molar-refractivity contribution in [2.45, 2.75) is 13.3 Å². The van der Waals surface area contributed by atoms with Crippen LogP contribution in [-0.2, 0) is 4.74 Å². The Morgan fingerprint density at radius 1 is 1.27 bits per heavy atom. The molecule has 1 heterocycles. The molecule has 2 N–H and O–H groups in total. The van der Waals surface area contributed by atoms with Crippen LogP contribution in [0.5, 0.6) is 5.75 Å². The smallest absolute Gasteiger partial charge is 0.462 e. The Labute approximate surface area is 128 Å². The van der Waals surface area contributed by atoms with Crippen LogP contribution in [0.4, 0.5) is 18.2 Å². The van der Waals surface area contributed by atoms with Crippen LogP contribution < -0.4 is 10.5 Å². The van der Waals surface area contributed by atoms with Gasteiger partial charge in [0.1, 0.15) is 16.3 Å². The van der Waals surface area contributed by atoms with Crippen molar-refractivity contribution >= 4 is 22.3 Å². The summed E-state index contributed by atoms with van der Waals surface area (Å²) in [5, 5.41) is 1.95. The van der Waals surface area contributed by atoms with E-state index >= 15 is 0 Å². The van der Waals surface area contributed by atoms with Gasteiger partial charge in [-0.1, -0.05) is 12.1 Å². The van der Waals surface area contributed by atoms with Gasteiger partial charge in [-0.3, -0.25) is 0 Å². The number of hydrogen-bond donors (Lipinski definition) is 1. The highest BCUT2D eigenvalue weighted by atomic mass is 32.1. The minimum absolute atomic E-state index is 0.200. The van der Waals surface area contributed by atoms with Gasteiger partial charge in [0, 0.05) is 10.9 Å². The molecule has 0 spiro atoms. The maximum absolute atomic E-state index is 12.1. The summed E-state index contributed by atoms with van der Waals surface area (Å²) in [6, 6.07) is 5.19. The molecular weight excluding hydrogens is 319 g/mol. The summed E-state index contributed by atoms with van der Waals surface area (Å²) >= 11 is 1.16. The number of carbonyl (C=O) groups excluding carboxylic acids is 1. The first-order valence-corrected chi connectivity index (χ1v) is 7.10. The number of alkyl halides is 3. The molecule has 8 heteroatoms. The lowest BCUT2D eigenvalue weighted by Crippen LogP contribution is -2.16. The zero-order chi connectivity index (χ0) is 16.3. The topological polar surface area (TPSA) is 61.5 Å². The summed E-state index contributed by atoms with van der Waals surface area (Å²) in [4.78, 5) is 11.9. The molecule has 2 aromatic rings. The highest BCUT2D eigenvalue weighted by Crippen LogP contribution is 2.35. The zero-order valence-corrected chi connectivity index (χ0v) is 12.3. The van der Waals surface area contributed by atoms with Gasteiger partial charge in [0.25, 0.3) is 0 Å². The second-order valence-electron chi connectivity index (χ2n) is 4.18. The molecule has 0 unspecified atom stereocenters. The van der Waals surface area contributed by atoms with E-state index in [9.17, 15) is 18.0 Å². The molecule has 1 aromatic heterocycles. The summed E-state index contributed by atoms with van der Waals surface area (Å²) in [6.45, 7) is 1.87. The first-order chi connectivity index (χ1) is 10.3. The molecule has 0 aliphatic carbocycles. The largest absolute Gasteiger partial charge is 0.573 e. The fraction of sp³-hybridized carbons (Fsp3) is 0.214. The van der Waals surface area contributed by atoms with Crippen LogP contribution >= 0.6 is 11.3 Å². The third kappa shape index (κ3) is 3.70. The summed E-state index contributed by atoms with van der Waals surface area (Å²) in [5.74, 6) is -0.899. The van der Waals surface area contributed by atoms with Crippen LogP contribution in [0, 0.1) is 0 Å². The average Bonchev–Trinajstić information content (AvgIpc) is 2.80. The number of esters is 1. The number of nitrogens with two attached hydrogens (primary N) is 1. The van der Waals surface area contributed by atoms with Crippen LogP contribution in [0.15, 0.2) is 29.6 Å². The lowest BCUT2D eigenvalue weighted by molar-refractivity contribution is -0.274. The van der Waals surface area contributed by atoms with Crippen molar-refractivity contribution < 1.29 is 27.4 Å². The normalized spacial score (nSPS) is 11.3. The van der Waals surface area contributed by atoms with Crippen LogP contribution in [0.1, 0.15) is 17.3 Å². The minimum Gasteiger partial charge on any atom is -0.462 e. The van der Waals surface area contributed by atoms with Gasteiger partial charge >= 0.3 is 12.3 Å². The van der Waals surface area contributed by atoms with Crippen molar-refractivity contribution in [2.24, 2.45) is 0 Å². The van der Waals surface area contributed by atoms with Gasteiger partial charge in [-0.2, -0.15) is 0 Å². The van der Waals surface area contributed by atoms with Crippen molar-refractivity contribution in [3.05, 3.63) is 35.2 Å². The van der Waals surface area contributed by atoms with E-state index in [1.54, 1.807) is 12.3 Å².